The van der Waals surface area contributed by atoms with E-state index >= 15 is 0 Å². The van der Waals surface area contributed by atoms with Crippen molar-refractivity contribution in [2.45, 2.75) is 64.5 Å². The highest BCUT2D eigenvalue weighted by Crippen LogP contribution is 2.48. The maximum absolute atomic E-state index is 12.7. The first-order chi connectivity index (χ1) is 11.4. The Labute approximate surface area is 143 Å². The molecule has 1 heterocycles. The zero-order chi connectivity index (χ0) is 17.4. The number of benzene rings is 1. The van der Waals surface area contributed by atoms with Gasteiger partial charge >= 0.3 is 0 Å². The van der Waals surface area contributed by atoms with Crippen molar-refractivity contribution in [2.75, 3.05) is 0 Å². The van der Waals surface area contributed by atoms with Gasteiger partial charge in [0.2, 0.25) is 5.91 Å². The number of nitrogens with one attached hydrogen (secondary N) is 1. The molecule has 1 N–H and O–H groups in total. The van der Waals surface area contributed by atoms with Crippen molar-refractivity contribution in [3.8, 4) is 0 Å². The molecule has 1 amide bonds. The van der Waals surface area contributed by atoms with Gasteiger partial charge in [-0.15, -0.1) is 10.2 Å². The second kappa shape index (κ2) is 6.04. The second-order valence-corrected chi connectivity index (χ2v) is 7.63. The summed E-state index contributed by atoms with van der Waals surface area (Å²) in [7, 11) is 0. The van der Waals surface area contributed by atoms with Crippen LogP contribution in [-0.4, -0.2) is 20.7 Å². The molecule has 128 valence electrons. The highest BCUT2D eigenvalue weighted by atomic mass is 16.2. The maximum atomic E-state index is 12.7. The van der Waals surface area contributed by atoms with Crippen LogP contribution >= 0.6 is 0 Å². The summed E-state index contributed by atoms with van der Waals surface area (Å²) < 4.78 is 1.94. The van der Waals surface area contributed by atoms with E-state index in [2.05, 4.69) is 60.6 Å². The van der Waals surface area contributed by atoms with Crippen LogP contribution in [0.3, 0.4) is 0 Å². The second-order valence-electron chi connectivity index (χ2n) is 7.63. The van der Waals surface area contributed by atoms with Gasteiger partial charge < -0.3 is 9.88 Å². The Balaban J connectivity index is 1.70. The van der Waals surface area contributed by atoms with E-state index in [0.29, 0.717) is 6.54 Å². The number of nitrogens with zero attached hydrogens (tertiary/aromatic N) is 3. The number of aryl methyl sites for hydroxylation is 1. The molecule has 0 radical (unpaired) electrons. The Bertz CT molecular complexity index is 721. The summed E-state index contributed by atoms with van der Waals surface area (Å²) >= 11 is 0. The third-order valence-electron chi connectivity index (χ3n) is 4.93. The molecular weight excluding hydrogens is 300 g/mol. The fourth-order valence-electron chi connectivity index (χ4n) is 3.07. The van der Waals surface area contributed by atoms with Gasteiger partial charge in [-0.3, -0.25) is 4.79 Å². The summed E-state index contributed by atoms with van der Waals surface area (Å²) in [6, 6.07) is 8.52. The summed E-state index contributed by atoms with van der Waals surface area (Å²) in [5, 5.41) is 11.0. The van der Waals surface area contributed by atoms with E-state index in [1.54, 1.807) is 6.33 Å². The molecule has 5 heteroatoms. The molecule has 1 aliphatic rings. The van der Waals surface area contributed by atoms with E-state index < -0.39 is 0 Å². The lowest BCUT2D eigenvalue weighted by molar-refractivity contribution is -0.123. The SMILES string of the molecule is CCn1cnnc1CNC(=O)C1(c2ccc(C(C)(C)C)cc2)CC1. The van der Waals surface area contributed by atoms with Gasteiger partial charge in [-0.1, -0.05) is 45.0 Å². The number of hydrogen-bond acceptors (Lipinski definition) is 3. The Hall–Kier alpha value is -2.17. The fraction of sp³-hybridized carbons (Fsp3) is 0.526. The standard InChI is InChI=1S/C19H26N4O/c1-5-23-13-21-22-16(23)12-20-17(24)19(10-11-19)15-8-6-14(7-9-15)18(2,3)4/h6-9,13H,5,10-12H2,1-4H3,(H,20,24). The first kappa shape index (κ1) is 16.7. The van der Waals surface area contributed by atoms with E-state index in [-0.39, 0.29) is 16.7 Å². The van der Waals surface area contributed by atoms with Gasteiger partial charge in [0.1, 0.15) is 6.33 Å². The zero-order valence-corrected chi connectivity index (χ0v) is 15.0. The lowest BCUT2D eigenvalue weighted by Gasteiger charge is -2.21. The number of amides is 1. The lowest BCUT2D eigenvalue weighted by Crippen LogP contribution is -2.35. The van der Waals surface area contributed by atoms with Crippen molar-refractivity contribution in [2.24, 2.45) is 0 Å². The molecule has 3 rings (SSSR count). The van der Waals surface area contributed by atoms with Crippen LogP contribution in [0.2, 0.25) is 0 Å². The Morgan fingerprint density at radius 1 is 1.25 bits per heavy atom. The number of rotatable bonds is 5. The number of hydrogen-bond donors (Lipinski definition) is 1. The van der Waals surface area contributed by atoms with Crippen LogP contribution in [0.25, 0.3) is 0 Å². The molecular formula is C19H26N4O. The largest absolute Gasteiger partial charge is 0.348 e. The van der Waals surface area contributed by atoms with Crippen LogP contribution in [0.5, 0.6) is 0 Å². The maximum Gasteiger partial charge on any atom is 0.231 e. The van der Waals surface area contributed by atoms with E-state index in [9.17, 15) is 4.79 Å². The van der Waals surface area contributed by atoms with E-state index in [1.165, 1.54) is 5.56 Å². The molecule has 0 unspecified atom stereocenters. The molecule has 0 aliphatic heterocycles. The monoisotopic (exact) mass is 326 g/mol. The first-order valence-electron chi connectivity index (χ1n) is 8.63. The summed E-state index contributed by atoms with van der Waals surface area (Å²) in [6.45, 7) is 9.86. The highest BCUT2D eigenvalue weighted by Gasteiger charge is 2.51. The average Bonchev–Trinajstić information content (AvgIpc) is 3.24. The van der Waals surface area contributed by atoms with Gasteiger partial charge in [0.15, 0.2) is 5.82 Å². The summed E-state index contributed by atoms with van der Waals surface area (Å²) in [5.74, 6) is 0.890. The summed E-state index contributed by atoms with van der Waals surface area (Å²) in [4.78, 5) is 12.7. The van der Waals surface area contributed by atoms with Gasteiger partial charge in [0, 0.05) is 6.54 Å². The minimum Gasteiger partial charge on any atom is -0.348 e. The minimum absolute atomic E-state index is 0.0941. The van der Waals surface area contributed by atoms with E-state index in [1.807, 2.05) is 11.5 Å². The predicted octanol–water partition coefficient (Wildman–Crippen LogP) is 2.94. The van der Waals surface area contributed by atoms with Gasteiger partial charge in [-0.05, 0) is 36.3 Å². The van der Waals surface area contributed by atoms with Crippen LogP contribution in [-0.2, 0) is 28.7 Å². The average molecular weight is 326 g/mol. The molecule has 1 fully saturated rings. The third-order valence-corrected chi connectivity index (χ3v) is 4.93. The minimum atomic E-state index is -0.354. The number of carbonyl (C=O) groups excluding carboxylic acids is 1. The third kappa shape index (κ3) is 3.07. The Morgan fingerprint density at radius 3 is 2.46 bits per heavy atom. The van der Waals surface area contributed by atoms with E-state index in [4.69, 9.17) is 0 Å². The van der Waals surface area contributed by atoms with Gasteiger partial charge in [0.25, 0.3) is 0 Å². The van der Waals surface area contributed by atoms with Gasteiger partial charge in [-0.2, -0.15) is 0 Å². The topological polar surface area (TPSA) is 59.8 Å². The Kier molecular flexibility index (Phi) is 4.20. The van der Waals surface area contributed by atoms with Crippen molar-refractivity contribution < 1.29 is 4.79 Å². The lowest BCUT2D eigenvalue weighted by atomic mass is 9.85. The van der Waals surface area contributed by atoms with Crippen LogP contribution in [0.4, 0.5) is 0 Å². The van der Waals surface area contributed by atoms with Crippen molar-refractivity contribution in [3.63, 3.8) is 0 Å². The summed E-state index contributed by atoms with van der Waals surface area (Å²) in [6.07, 6.45) is 3.52. The predicted molar refractivity (Wildman–Crippen MR) is 93.6 cm³/mol. The van der Waals surface area contributed by atoms with Crippen molar-refractivity contribution in [1.82, 2.24) is 20.1 Å². The Morgan fingerprint density at radius 2 is 1.92 bits per heavy atom. The van der Waals surface area contributed by atoms with Crippen LogP contribution in [0.15, 0.2) is 30.6 Å². The number of carbonyl (C=O) groups is 1. The zero-order valence-electron chi connectivity index (χ0n) is 15.0. The van der Waals surface area contributed by atoms with Crippen molar-refractivity contribution >= 4 is 5.91 Å². The molecule has 5 nitrogen and oxygen atoms in total. The van der Waals surface area contributed by atoms with E-state index in [0.717, 1.165) is 30.8 Å². The molecule has 0 bridgehead atoms. The molecule has 0 saturated heterocycles. The number of aromatic nitrogens is 3. The normalized spacial score (nSPS) is 16.0. The molecule has 1 aliphatic carbocycles. The van der Waals surface area contributed by atoms with Gasteiger partial charge in [-0.25, -0.2) is 0 Å². The molecule has 1 aromatic carbocycles. The molecule has 1 saturated carbocycles. The van der Waals surface area contributed by atoms with Gasteiger partial charge in [0.05, 0.1) is 12.0 Å². The summed E-state index contributed by atoms with van der Waals surface area (Å²) in [5.41, 5.74) is 2.18. The quantitative estimate of drug-likeness (QED) is 0.919. The fourth-order valence-corrected chi connectivity index (χ4v) is 3.07. The van der Waals surface area contributed by atoms with Crippen LogP contribution < -0.4 is 5.32 Å². The van der Waals surface area contributed by atoms with Crippen LogP contribution in [0, 0.1) is 0 Å². The molecule has 1 aromatic heterocycles. The molecule has 0 spiro atoms. The smallest absolute Gasteiger partial charge is 0.231 e. The molecule has 2 aromatic rings. The molecule has 0 atom stereocenters. The molecule has 24 heavy (non-hydrogen) atoms. The van der Waals surface area contributed by atoms with Crippen molar-refractivity contribution in [1.29, 1.82) is 0 Å². The first-order valence-corrected chi connectivity index (χ1v) is 8.63. The highest BCUT2D eigenvalue weighted by molar-refractivity contribution is 5.91. The van der Waals surface area contributed by atoms with Crippen LogP contribution in [0.1, 0.15) is 57.5 Å². The van der Waals surface area contributed by atoms with Crippen molar-refractivity contribution in [3.05, 3.63) is 47.5 Å².